The van der Waals surface area contributed by atoms with Crippen molar-refractivity contribution in [2.75, 3.05) is 0 Å². The van der Waals surface area contributed by atoms with Crippen LogP contribution in [0.2, 0.25) is 0 Å². The molecule has 2 spiro atoms. The minimum atomic E-state index is 0.907. The molecule has 14 fully saturated rings. The largest absolute Gasteiger partial charge is 0.0622 e. The van der Waals surface area contributed by atoms with Crippen molar-refractivity contribution < 1.29 is 0 Å². The zero-order chi connectivity index (χ0) is 23.8. The van der Waals surface area contributed by atoms with Crippen molar-refractivity contribution in [2.45, 2.75) is 90.4 Å². The molecule has 202 valence electrons. The fraction of sp³-hybridized carbons (Fsp3) is 1.00. The highest BCUT2D eigenvalue weighted by Gasteiger charge is 3.02. The maximum Gasteiger partial charge on any atom is -0.0176 e. The summed E-state index contributed by atoms with van der Waals surface area (Å²) >= 11 is 0. The number of hydrogen-bond donors (Lipinski definition) is 0. The maximum atomic E-state index is 2.80. The summed E-state index contributed by atoms with van der Waals surface area (Å²) in [7, 11) is 0. The molecule has 14 saturated carbocycles. The predicted molar refractivity (Wildman–Crippen MR) is 146 cm³/mol. The van der Waals surface area contributed by atoms with Gasteiger partial charge in [-0.3, -0.25) is 0 Å². The van der Waals surface area contributed by atoms with E-state index in [4.69, 9.17) is 0 Å². The summed E-state index contributed by atoms with van der Waals surface area (Å²) < 4.78 is 0. The fourth-order valence-electron chi connectivity index (χ4n) is 21.3. The van der Waals surface area contributed by atoms with Crippen molar-refractivity contribution in [2.24, 2.45) is 141 Å². The van der Waals surface area contributed by atoms with Gasteiger partial charge in [0.15, 0.2) is 0 Å². The summed E-state index contributed by atoms with van der Waals surface area (Å²) in [5, 5.41) is 0. The first kappa shape index (κ1) is 20.0. The molecule has 14 aliphatic carbocycles. The van der Waals surface area contributed by atoms with E-state index in [-0.39, 0.29) is 0 Å². The van der Waals surface area contributed by atoms with Crippen LogP contribution >= 0.6 is 0 Å². The lowest BCUT2D eigenvalue weighted by Crippen LogP contribution is -3.00. The van der Waals surface area contributed by atoms with Gasteiger partial charge in [0.1, 0.15) is 0 Å². The Hall–Kier alpha value is 0. The van der Waals surface area contributed by atoms with Crippen molar-refractivity contribution in [3.05, 3.63) is 0 Å². The van der Waals surface area contributed by atoms with Gasteiger partial charge in [0.2, 0.25) is 0 Å². The van der Waals surface area contributed by atoms with Crippen LogP contribution in [0.15, 0.2) is 0 Å². The lowest BCUT2D eigenvalue weighted by Gasteiger charge is -3.03. The van der Waals surface area contributed by atoms with Crippen molar-refractivity contribution in [1.29, 1.82) is 0 Å². The maximum absolute atomic E-state index is 2.80. The third-order valence-electron chi connectivity index (χ3n) is 21.4. The second-order valence-corrected chi connectivity index (χ2v) is 19.8. The molecule has 14 aliphatic rings. The number of rotatable bonds is 1. The monoisotopic (exact) mass is 506 g/mol. The Kier molecular flexibility index (Phi) is 2.86. The quantitative estimate of drug-likeness (QED) is 0.336. The fourth-order valence-corrected chi connectivity index (χ4v) is 21.3. The Balaban J connectivity index is 0.929. The Morgan fingerprint density at radius 1 is 0.526 bits per heavy atom. The molecule has 0 amide bonds. The van der Waals surface area contributed by atoms with Gasteiger partial charge in [0.25, 0.3) is 0 Å². The van der Waals surface area contributed by atoms with Gasteiger partial charge >= 0.3 is 0 Å². The Morgan fingerprint density at radius 2 is 1.32 bits per heavy atom. The third kappa shape index (κ3) is 1.42. The molecule has 0 aliphatic heterocycles. The van der Waals surface area contributed by atoms with Crippen molar-refractivity contribution >= 4 is 0 Å². The highest BCUT2D eigenvalue weighted by atomic mass is 15.1. The number of fused-ring (bicyclic) bond motifs is 9. The van der Waals surface area contributed by atoms with Crippen LogP contribution in [0.1, 0.15) is 90.4 Å². The van der Waals surface area contributed by atoms with Crippen LogP contribution in [0.5, 0.6) is 0 Å². The highest BCUT2D eigenvalue weighted by molar-refractivity contribution is 5.49. The lowest BCUT2D eigenvalue weighted by molar-refractivity contribution is -0.567. The minimum Gasteiger partial charge on any atom is -0.0622 e. The van der Waals surface area contributed by atoms with Gasteiger partial charge in [-0.1, -0.05) is 19.8 Å². The van der Waals surface area contributed by atoms with Gasteiger partial charge in [-0.15, -0.1) is 0 Å². The molecular weight excluding hydrogens is 456 g/mol. The molecule has 0 N–H and O–H groups in total. The molecular formula is C38H50. The van der Waals surface area contributed by atoms with Crippen LogP contribution in [-0.4, -0.2) is 0 Å². The summed E-state index contributed by atoms with van der Waals surface area (Å²) in [6.45, 7) is 2.80. The smallest absolute Gasteiger partial charge is 0.0176 e. The van der Waals surface area contributed by atoms with Gasteiger partial charge in [-0.05, 0) is 211 Å². The Morgan fingerprint density at radius 3 is 2.13 bits per heavy atom. The molecule has 0 saturated heterocycles. The molecule has 0 heterocycles. The van der Waals surface area contributed by atoms with Crippen molar-refractivity contribution in [1.82, 2.24) is 0 Å². The first-order valence-corrected chi connectivity index (χ1v) is 18.7. The van der Waals surface area contributed by atoms with E-state index in [0.29, 0.717) is 0 Å². The molecule has 2 bridgehead atoms. The van der Waals surface area contributed by atoms with E-state index in [1.54, 1.807) is 83.5 Å². The van der Waals surface area contributed by atoms with Crippen LogP contribution in [0.3, 0.4) is 0 Å². The summed E-state index contributed by atoms with van der Waals surface area (Å²) in [6, 6.07) is 0. The third-order valence-corrected chi connectivity index (χ3v) is 21.4. The van der Waals surface area contributed by atoms with Crippen molar-refractivity contribution in [3.8, 4) is 0 Å². The standard InChI is InChI=1S/C38H50/c1-15-5-6-16-7-8-17(16)13-19-9-10-22-24-25-26-27(28(25)33(24)38(19,22)18-3-2-4-18)32-30(26)35-36-12-11-20-23-21(15)14-37(32,35)34(36)29(23)31(20)36/h15-35H,2-14H2,1H3. The zero-order valence-electron chi connectivity index (χ0n) is 23.8. The molecule has 38 heavy (non-hydrogen) atoms. The molecule has 23 atom stereocenters. The summed E-state index contributed by atoms with van der Waals surface area (Å²) in [6.07, 6.45) is 21.7. The van der Waals surface area contributed by atoms with E-state index >= 15 is 0 Å². The molecule has 14 rings (SSSR count). The first-order valence-electron chi connectivity index (χ1n) is 18.7. The molecule has 0 heteroatoms. The average molecular weight is 507 g/mol. The van der Waals surface area contributed by atoms with Gasteiger partial charge in [0.05, 0.1) is 0 Å². The molecule has 0 radical (unpaired) electrons. The van der Waals surface area contributed by atoms with E-state index < -0.39 is 0 Å². The summed E-state index contributed by atoms with van der Waals surface area (Å²) in [5.74, 6) is 25.9. The van der Waals surface area contributed by atoms with E-state index in [2.05, 4.69) is 6.92 Å². The second kappa shape index (κ2) is 5.43. The van der Waals surface area contributed by atoms with Crippen LogP contribution in [-0.2, 0) is 0 Å². The van der Waals surface area contributed by atoms with Crippen LogP contribution in [0, 0.1) is 141 Å². The van der Waals surface area contributed by atoms with Crippen LogP contribution in [0.25, 0.3) is 0 Å². The van der Waals surface area contributed by atoms with Gasteiger partial charge in [-0.2, -0.15) is 0 Å². The molecule has 0 nitrogen and oxygen atoms in total. The SMILES string of the molecule is CC1CCC2CCC2CC2CCC3C4C5C6C(C5C4C23C2CCC2)C2C6C3C45CCC6C7C1CC23C4C7C65. The topological polar surface area (TPSA) is 0 Å². The number of hydrogen-bond acceptors (Lipinski definition) is 0. The highest BCUT2D eigenvalue weighted by Crippen LogP contribution is 3.06. The van der Waals surface area contributed by atoms with Crippen LogP contribution in [0.4, 0.5) is 0 Å². The molecule has 0 aromatic carbocycles. The van der Waals surface area contributed by atoms with Gasteiger partial charge in [0, 0.05) is 0 Å². The summed E-state index contributed by atoms with van der Waals surface area (Å²) in [5.41, 5.74) is 2.81. The molecule has 0 aromatic heterocycles. The molecule has 0 aromatic rings. The van der Waals surface area contributed by atoms with E-state index in [0.717, 1.165) is 34.0 Å². The average Bonchev–Trinajstić information content (AvgIpc) is 3.24. The lowest BCUT2D eigenvalue weighted by atomic mass is 9.01. The van der Waals surface area contributed by atoms with E-state index in [9.17, 15) is 0 Å². The molecule has 23 unspecified atom stereocenters. The normalized spacial score (nSPS) is 81.7. The van der Waals surface area contributed by atoms with Gasteiger partial charge in [-0.25, -0.2) is 0 Å². The van der Waals surface area contributed by atoms with Crippen LogP contribution < -0.4 is 0 Å². The first-order chi connectivity index (χ1) is 18.7. The Labute approximate surface area is 230 Å². The predicted octanol–water partition coefficient (Wildman–Crippen LogP) is 8.17. The second-order valence-electron chi connectivity index (χ2n) is 19.8. The van der Waals surface area contributed by atoms with Crippen molar-refractivity contribution in [3.63, 3.8) is 0 Å². The van der Waals surface area contributed by atoms with E-state index in [1.165, 1.54) is 107 Å². The summed E-state index contributed by atoms with van der Waals surface area (Å²) in [4.78, 5) is 0. The van der Waals surface area contributed by atoms with E-state index in [1.807, 2.05) is 0 Å². The zero-order valence-corrected chi connectivity index (χ0v) is 23.8. The Bertz CT molecular complexity index is 1230. The minimum absolute atomic E-state index is 0.907. The van der Waals surface area contributed by atoms with Gasteiger partial charge < -0.3 is 0 Å².